The van der Waals surface area contributed by atoms with Gasteiger partial charge in [-0.2, -0.15) is 0 Å². The fraction of sp³-hybridized carbons (Fsp3) is 0.647. The molecule has 1 aliphatic rings. The molecule has 0 radical (unpaired) electrons. The molecule has 1 aromatic carbocycles. The zero-order valence-electron chi connectivity index (χ0n) is 12.9. The van der Waals surface area contributed by atoms with Crippen LogP contribution in [0.2, 0.25) is 0 Å². The minimum atomic E-state index is 0.542. The molecule has 1 aromatic rings. The maximum atomic E-state index is 3.49. The van der Waals surface area contributed by atoms with Crippen LogP contribution in [0.4, 0.5) is 5.69 Å². The van der Waals surface area contributed by atoms with E-state index in [9.17, 15) is 0 Å². The first-order chi connectivity index (χ1) is 9.08. The Bertz CT molecular complexity index is 406. The first-order valence-corrected chi connectivity index (χ1v) is 7.63. The van der Waals surface area contributed by atoms with Crippen molar-refractivity contribution in [1.82, 2.24) is 5.32 Å². The number of aryl methyl sites for hydroxylation is 1. The van der Waals surface area contributed by atoms with Crippen molar-refractivity contribution in [2.75, 3.05) is 11.9 Å². The van der Waals surface area contributed by atoms with Crippen LogP contribution in [0.1, 0.15) is 50.7 Å². The fourth-order valence-electron chi connectivity index (χ4n) is 2.91. The van der Waals surface area contributed by atoms with Crippen molar-refractivity contribution >= 4 is 5.69 Å². The van der Waals surface area contributed by atoms with Gasteiger partial charge in [0.15, 0.2) is 0 Å². The first kappa shape index (κ1) is 14.4. The highest BCUT2D eigenvalue weighted by Gasteiger charge is 2.19. The molecule has 0 spiro atoms. The Morgan fingerprint density at radius 1 is 1.26 bits per heavy atom. The van der Waals surface area contributed by atoms with E-state index >= 15 is 0 Å². The molecule has 2 nitrogen and oxygen atoms in total. The second-order valence-electron chi connectivity index (χ2n) is 6.20. The summed E-state index contributed by atoms with van der Waals surface area (Å²) in [7, 11) is 2.25. The van der Waals surface area contributed by atoms with Gasteiger partial charge in [0, 0.05) is 31.4 Å². The molecule has 1 aliphatic carbocycles. The summed E-state index contributed by atoms with van der Waals surface area (Å²) in [6, 6.07) is 8.20. The molecule has 0 heterocycles. The number of nitrogens with one attached hydrogen (secondary N) is 1. The minimum absolute atomic E-state index is 0.542. The van der Waals surface area contributed by atoms with E-state index in [0.717, 1.165) is 12.6 Å². The third-order valence-electron chi connectivity index (χ3n) is 4.31. The Hall–Kier alpha value is -1.02. The van der Waals surface area contributed by atoms with Crippen LogP contribution < -0.4 is 10.2 Å². The van der Waals surface area contributed by atoms with Crippen LogP contribution in [0.15, 0.2) is 18.2 Å². The van der Waals surface area contributed by atoms with Crippen molar-refractivity contribution < 1.29 is 0 Å². The lowest BCUT2D eigenvalue weighted by atomic mass is 10.1. The number of benzene rings is 1. The molecule has 1 fully saturated rings. The Morgan fingerprint density at radius 2 is 1.95 bits per heavy atom. The van der Waals surface area contributed by atoms with Crippen LogP contribution in [0.3, 0.4) is 0 Å². The average molecular weight is 260 g/mol. The molecule has 0 saturated heterocycles. The molecule has 0 unspecified atom stereocenters. The van der Waals surface area contributed by atoms with Crippen LogP contribution >= 0.6 is 0 Å². The summed E-state index contributed by atoms with van der Waals surface area (Å²) in [5, 5.41) is 3.49. The Balaban J connectivity index is 2.05. The number of anilines is 1. The highest BCUT2D eigenvalue weighted by atomic mass is 15.1. The summed E-state index contributed by atoms with van der Waals surface area (Å²) in [4.78, 5) is 2.47. The van der Waals surface area contributed by atoms with E-state index in [0.29, 0.717) is 6.04 Å². The second kappa shape index (κ2) is 6.42. The number of rotatable bonds is 5. The summed E-state index contributed by atoms with van der Waals surface area (Å²) in [5.41, 5.74) is 4.19. The van der Waals surface area contributed by atoms with Crippen molar-refractivity contribution in [1.29, 1.82) is 0 Å². The van der Waals surface area contributed by atoms with E-state index in [1.54, 1.807) is 0 Å². The molecule has 2 heteroatoms. The maximum absolute atomic E-state index is 3.49. The van der Waals surface area contributed by atoms with Crippen LogP contribution in [-0.4, -0.2) is 19.1 Å². The summed E-state index contributed by atoms with van der Waals surface area (Å²) in [6.45, 7) is 7.58. The summed E-state index contributed by atoms with van der Waals surface area (Å²) >= 11 is 0. The van der Waals surface area contributed by atoms with Gasteiger partial charge < -0.3 is 10.2 Å². The zero-order chi connectivity index (χ0) is 13.8. The van der Waals surface area contributed by atoms with Crippen LogP contribution in [0.5, 0.6) is 0 Å². The Kier molecular flexibility index (Phi) is 4.87. The molecular formula is C17H28N2. The van der Waals surface area contributed by atoms with Gasteiger partial charge in [0.2, 0.25) is 0 Å². The van der Waals surface area contributed by atoms with Crippen molar-refractivity contribution in [3.8, 4) is 0 Å². The summed E-state index contributed by atoms with van der Waals surface area (Å²) < 4.78 is 0. The molecule has 0 aromatic heterocycles. The van der Waals surface area contributed by atoms with Gasteiger partial charge in [-0.3, -0.25) is 0 Å². The highest BCUT2D eigenvalue weighted by molar-refractivity contribution is 5.51. The van der Waals surface area contributed by atoms with E-state index in [1.807, 2.05) is 0 Å². The smallest absolute Gasteiger partial charge is 0.0368 e. The van der Waals surface area contributed by atoms with Gasteiger partial charge in [-0.05, 0) is 43.0 Å². The van der Waals surface area contributed by atoms with Gasteiger partial charge in [-0.1, -0.05) is 32.8 Å². The molecule has 19 heavy (non-hydrogen) atoms. The monoisotopic (exact) mass is 260 g/mol. The molecule has 1 saturated carbocycles. The van der Waals surface area contributed by atoms with E-state index < -0.39 is 0 Å². The second-order valence-corrected chi connectivity index (χ2v) is 6.20. The van der Waals surface area contributed by atoms with Gasteiger partial charge in [0.1, 0.15) is 0 Å². The molecule has 0 atom stereocenters. The van der Waals surface area contributed by atoms with E-state index in [1.165, 1.54) is 42.5 Å². The highest BCUT2D eigenvalue weighted by Crippen LogP contribution is 2.28. The lowest BCUT2D eigenvalue weighted by Crippen LogP contribution is -2.29. The van der Waals surface area contributed by atoms with Gasteiger partial charge in [-0.25, -0.2) is 0 Å². The predicted molar refractivity (Wildman–Crippen MR) is 83.8 cm³/mol. The first-order valence-electron chi connectivity index (χ1n) is 7.63. The van der Waals surface area contributed by atoms with Crippen molar-refractivity contribution in [3.63, 3.8) is 0 Å². The van der Waals surface area contributed by atoms with Crippen LogP contribution in [0, 0.1) is 6.92 Å². The number of hydrogen-bond acceptors (Lipinski definition) is 2. The van der Waals surface area contributed by atoms with Gasteiger partial charge in [-0.15, -0.1) is 0 Å². The third-order valence-corrected chi connectivity index (χ3v) is 4.31. The third kappa shape index (κ3) is 3.73. The van der Waals surface area contributed by atoms with Crippen LogP contribution in [-0.2, 0) is 6.54 Å². The zero-order valence-corrected chi connectivity index (χ0v) is 12.9. The standard InChI is InChI=1S/C17H28N2/c1-13(2)18-12-15-9-10-17(11-14(15)3)19(4)16-7-5-6-8-16/h9-11,13,16,18H,5-8,12H2,1-4H3. The molecule has 2 rings (SSSR count). The lowest BCUT2D eigenvalue weighted by Gasteiger charge is -2.27. The SMILES string of the molecule is Cc1cc(N(C)C2CCCC2)ccc1CNC(C)C. The maximum Gasteiger partial charge on any atom is 0.0368 e. The molecule has 0 amide bonds. The molecule has 106 valence electrons. The largest absolute Gasteiger partial charge is 0.372 e. The van der Waals surface area contributed by atoms with Gasteiger partial charge >= 0.3 is 0 Å². The predicted octanol–water partition coefficient (Wildman–Crippen LogP) is 3.87. The minimum Gasteiger partial charge on any atom is -0.372 e. The molecule has 0 bridgehead atoms. The van der Waals surface area contributed by atoms with E-state index in [4.69, 9.17) is 0 Å². The molecule has 1 N–H and O–H groups in total. The van der Waals surface area contributed by atoms with E-state index in [-0.39, 0.29) is 0 Å². The van der Waals surface area contributed by atoms with E-state index in [2.05, 4.69) is 56.2 Å². The summed E-state index contributed by atoms with van der Waals surface area (Å²) in [6.07, 6.45) is 5.49. The Morgan fingerprint density at radius 3 is 2.53 bits per heavy atom. The average Bonchev–Trinajstić information content (AvgIpc) is 2.90. The lowest BCUT2D eigenvalue weighted by molar-refractivity contribution is 0.587. The summed E-state index contributed by atoms with van der Waals surface area (Å²) in [5.74, 6) is 0. The van der Waals surface area contributed by atoms with Crippen molar-refractivity contribution in [3.05, 3.63) is 29.3 Å². The number of nitrogens with zero attached hydrogens (tertiary/aromatic N) is 1. The van der Waals surface area contributed by atoms with Gasteiger partial charge in [0.25, 0.3) is 0 Å². The quantitative estimate of drug-likeness (QED) is 0.864. The topological polar surface area (TPSA) is 15.3 Å². The van der Waals surface area contributed by atoms with Gasteiger partial charge in [0.05, 0.1) is 0 Å². The Labute approximate surface area is 118 Å². The van der Waals surface area contributed by atoms with Crippen molar-refractivity contribution in [2.45, 2.75) is 65.1 Å². The van der Waals surface area contributed by atoms with Crippen molar-refractivity contribution in [2.24, 2.45) is 0 Å². The molecular weight excluding hydrogens is 232 g/mol. The number of hydrogen-bond donors (Lipinski definition) is 1. The normalized spacial score (nSPS) is 16.3. The fourth-order valence-corrected chi connectivity index (χ4v) is 2.91. The van der Waals surface area contributed by atoms with Crippen LogP contribution in [0.25, 0.3) is 0 Å². The molecule has 0 aliphatic heterocycles.